The summed E-state index contributed by atoms with van der Waals surface area (Å²) in [6.07, 6.45) is 2.66. The van der Waals surface area contributed by atoms with Crippen molar-refractivity contribution < 1.29 is 9.66 Å². The molecule has 1 N–H and O–H groups in total. The molecule has 0 radical (unpaired) electrons. The Morgan fingerprint density at radius 3 is 2.71 bits per heavy atom. The van der Waals surface area contributed by atoms with Crippen molar-refractivity contribution in [1.29, 1.82) is 0 Å². The second-order valence-corrected chi connectivity index (χ2v) is 5.96. The van der Waals surface area contributed by atoms with Crippen LogP contribution in [0.4, 0.5) is 5.69 Å². The molecule has 5 nitrogen and oxygen atoms in total. The van der Waals surface area contributed by atoms with E-state index in [4.69, 9.17) is 4.74 Å². The summed E-state index contributed by atoms with van der Waals surface area (Å²) < 4.78 is 6.00. The summed E-state index contributed by atoms with van der Waals surface area (Å²) in [5, 5.41) is 14.5. The molecule has 0 saturated heterocycles. The quantitative estimate of drug-likeness (QED) is 0.645. The number of nitro groups is 1. The molecular formula is C16H24N2O3. The molecule has 116 valence electrons. The van der Waals surface area contributed by atoms with Gasteiger partial charge in [0.25, 0.3) is 0 Å². The van der Waals surface area contributed by atoms with Crippen molar-refractivity contribution in [2.45, 2.75) is 52.2 Å². The normalized spacial score (nSPS) is 28.0. The molecule has 0 aromatic heterocycles. The van der Waals surface area contributed by atoms with Gasteiger partial charge in [-0.3, -0.25) is 10.1 Å². The minimum absolute atomic E-state index is 0.0196. The molecule has 0 bridgehead atoms. The summed E-state index contributed by atoms with van der Waals surface area (Å²) in [7, 11) is 1.95. The first-order valence-corrected chi connectivity index (χ1v) is 7.57. The van der Waals surface area contributed by atoms with Crippen LogP contribution in [0.5, 0.6) is 5.75 Å². The number of aryl methyl sites for hydroxylation is 1. The van der Waals surface area contributed by atoms with E-state index in [0.717, 1.165) is 24.8 Å². The number of benzene rings is 1. The van der Waals surface area contributed by atoms with E-state index in [1.54, 1.807) is 12.1 Å². The molecule has 1 aromatic rings. The highest BCUT2D eigenvalue weighted by Crippen LogP contribution is 2.47. The molecule has 0 amide bonds. The number of rotatable bonds is 6. The van der Waals surface area contributed by atoms with Crippen LogP contribution in [-0.2, 0) is 6.42 Å². The lowest BCUT2D eigenvalue weighted by atomic mass is 9.61. The van der Waals surface area contributed by atoms with E-state index >= 15 is 0 Å². The topological polar surface area (TPSA) is 64.4 Å². The maximum absolute atomic E-state index is 11.2. The molecule has 2 rings (SSSR count). The summed E-state index contributed by atoms with van der Waals surface area (Å²) in [4.78, 5) is 10.9. The van der Waals surface area contributed by atoms with Crippen LogP contribution >= 0.6 is 0 Å². The van der Waals surface area contributed by atoms with Gasteiger partial charge in [0.15, 0.2) is 5.75 Å². The predicted molar refractivity (Wildman–Crippen MR) is 82.8 cm³/mol. The second-order valence-electron chi connectivity index (χ2n) is 5.96. The van der Waals surface area contributed by atoms with E-state index < -0.39 is 0 Å². The predicted octanol–water partition coefficient (Wildman–Crippen LogP) is 3.31. The Bertz CT molecular complexity index is 532. The van der Waals surface area contributed by atoms with Gasteiger partial charge in [-0.2, -0.15) is 0 Å². The van der Waals surface area contributed by atoms with Gasteiger partial charge in [0.1, 0.15) is 6.10 Å². The number of nitro benzene ring substituents is 1. The molecule has 1 aliphatic carbocycles. The minimum atomic E-state index is -0.355. The molecule has 0 heterocycles. The van der Waals surface area contributed by atoms with Gasteiger partial charge in [0.05, 0.1) is 4.92 Å². The first kappa shape index (κ1) is 15.8. The first-order chi connectivity index (χ1) is 9.96. The summed E-state index contributed by atoms with van der Waals surface area (Å²) in [6.45, 7) is 6.29. The van der Waals surface area contributed by atoms with Crippen molar-refractivity contribution in [3.05, 3.63) is 33.9 Å². The SMILES string of the molecule is CCc1ccc(OC2CC(NC)C2(C)CC)c([N+](=O)[O-])c1. The zero-order valence-electron chi connectivity index (χ0n) is 13.2. The van der Waals surface area contributed by atoms with Crippen molar-refractivity contribution in [3.63, 3.8) is 0 Å². The third-order valence-electron chi connectivity index (χ3n) is 4.99. The van der Waals surface area contributed by atoms with Gasteiger partial charge in [0, 0.05) is 23.9 Å². The van der Waals surface area contributed by atoms with Gasteiger partial charge in [-0.15, -0.1) is 0 Å². The van der Waals surface area contributed by atoms with Gasteiger partial charge >= 0.3 is 5.69 Å². The van der Waals surface area contributed by atoms with Crippen molar-refractivity contribution in [2.75, 3.05) is 7.05 Å². The molecule has 3 atom stereocenters. The second kappa shape index (κ2) is 6.02. The molecule has 5 heteroatoms. The van der Waals surface area contributed by atoms with Gasteiger partial charge < -0.3 is 10.1 Å². The molecule has 0 aliphatic heterocycles. The Balaban J connectivity index is 2.22. The smallest absolute Gasteiger partial charge is 0.311 e. The van der Waals surface area contributed by atoms with Crippen molar-refractivity contribution >= 4 is 5.69 Å². The van der Waals surface area contributed by atoms with Crippen LogP contribution in [-0.4, -0.2) is 24.1 Å². The third kappa shape index (κ3) is 2.75. The zero-order valence-corrected chi connectivity index (χ0v) is 13.2. The molecular weight excluding hydrogens is 268 g/mol. The van der Waals surface area contributed by atoms with E-state index in [-0.39, 0.29) is 22.1 Å². The number of hydrogen-bond acceptors (Lipinski definition) is 4. The number of nitrogens with zero attached hydrogens (tertiary/aromatic N) is 1. The van der Waals surface area contributed by atoms with Crippen molar-refractivity contribution in [1.82, 2.24) is 5.32 Å². The van der Waals surface area contributed by atoms with E-state index in [9.17, 15) is 10.1 Å². The van der Waals surface area contributed by atoms with E-state index in [0.29, 0.717) is 11.8 Å². The summed E-state index contributed by atoms with van der Waals surface area (Å²) in [6, 6.07) is 5.66. The van der Waals surface area contributed by atoms with Gasteiger partial charge in [-0.1, -0.05) is 26.8 Å². The van der Waals surface area contributed by atoms with Crippen LogP contribution < -0.4 is 10.1 Å². The molecule has 1 aliphatic rings. The number of hydrogen-bond donors (Lipinski definition) is 1. The highest BCUT2D eigenvalue weighted by molar-refractivity contribution is 5.49. The van der Waals surface area contributed by atoms with Gasteiger partial charge in [-0.05, 0) is 31.5 Å². The Morgan fingerprint density at radius 1 is 1.48 bits per heavy atom. The monoisotopic (exact) mass is 292 g/mol. The average Bonchev–Trinajstić information content (AvgIpc) is 2.49. The van der Waals surface area contributed by atoms with E-state index in [1.165, 1.54) is 0 Å². The lowest BCUT2D eigenvalue weighted by molar-refractivity contribution is -0.386. The maximum Gasteiger partial charge on any atom is 0.311 e. The zero-order chi connectivity index (χ0) is 15.6. The van der Waals surface area contributed by atoms with Gasteiger partial charge in [-0.25, -0.2) is 0 Å². The minimum Gasteiger partial charge on any atom is -0.483 e. The summed E-state index contributed by atoms with van der Waals surface area (Å²) >= 11 is 0. The third-order valence-corrected chi connectivity index (χ3v) is 4.99. The number of ether oxygens (including phenoxy) is 1. The molecule has 1 aromatic carbocycles. The Kier molecular flexibility index (Phi) is 4.52. The largest absolute Gasteiger partial charge is 0.483 e. The lowest BCUT2D eigenvalue weighted by Gasteiger charge is -2.53. The molecule has 3 unspecified atom stereocenters. The Hall–Kier alpha value is -1.62. The molecule has 1 fully saturated rings. The van der Waals surface area contributed by atoms with Crippen LogP contribution in [0.25, 0.3) is 0 Å². The average molecular weight is 292 g/mol. The fourth-order valence-electron chi connectivity index (χ4n) is 3.10. The first-order valence-electron chi connectivity index (χ1n) is 7.57. The van der Waals surface area contributed by atoms with E-state index in [1.807, 2.05) is 20.0 Å². The Morgan fingerprint density at radius 2 is 2.19 bits per heavy atom. The van der Waals surface area contributed by atoms with Crippen LogP contribution in [0.3, 0.4) is 0 Å². The van der Waals surface area contributed by atoms with Crippen molar-refractivity contribution in [3.8, 4) is 5.75 Å². The summed E-state index contributed by atoms with van der Waals surface area (Å²) in [5.74, 6) is 0.386. The fourth-order valence-corrected chi connectivity index (χ4v) is 3.10. The lowest BCUT2D eigenvalue weighted by Crippen LogP contribution is -2.62. The van der Waals surface area contributed by atoms with Gasteiger partial charge in [0.2, 0.25) is 0 Å². The fraction of sp³-hybridized carbons (Fsp3) is 0.625. The van der Waals surface area contributed by atoms with Crippen molar-refractivity contribution in [2.24, 2.45) is 5.41 Å². The highest BCUT2D eigenvalue weighted by atomic mass is 16.6. The molecule has 21 heavy (non-hydrogen) atoms. The summed E-state index contributed by atoms with van der Waals surface area (Å²) in [5.41, 5.74) is 1.04. The van der Waals surface area contributed by atoms with Crippen LogP contribution in [0.15, 0.2) is 18.2 Å². The van der Waals surface area contributed by atoms with Crippen LogP contribution in [0, 0.1) is 15.5 Å². The Labute approximate surface area is 125 Å². The van der Waals surface area contributed by atoms with E-state index in [2.05, 4.69) is 19.2 Å². The highest BCUT2D eigenvalue weighted by Gasteiger charge is 2.51. The molecule has 0 spiro atoms. The maximum atomic E-state index is 11.2. The molecule has 1 saturated carbocycles. The standard InChI is InChI=1S/C16H24N2O3/c1-5-11-7-8-13(12(9-11)18(19)20)21-15-10-14(17-4)16(15,3)6-2/h7-9,14-15,17H,5-6,10H2,1-4H3. The van der Waals surface area contributed by atoms with Crippen LogP contribution in [0.2, 0.25) is 0 Å². The number of nitrogens with one attached hydrogen (secondary N) is 1. The van der Waals surface area contributed by atoms with Crippen LogP contribution in [0.1, 0.15) is 39.2 Å².